The Bertz CT molecular complexity index is 1300. The smallest absolute Gasteiger partial charge is 0.336 e. The average Bonchev–Trinajstić information content (AvgIpc) is 2.99. The van der Waals surface area contributed by atoms with Gasteiger partial charge in [-0.1, -0.05) is 101 Å². The summed E-state index contributed by atoms with van der Waals surface area (Å²) in [4.78, 5) is 21.3. The molecule has 2 N–H and O–H groups in total. The first-order valence-corrected chi connectivity index (χ1v) is 15.1. The Labute approximate surface area is 252 Å². The molecule has 0 bridgehead atoms. The average molecular weight is 575 g/mol. The molecule has 0 aliphatic carbocycles. The number of carbonyl (C=O) groups is 1. The molecule has 1 aromatic heterocycles. The number of benzene rings is 3. The van der Waals surface area contributed by atoms with Crippen molar-refractivity contribution in [1.82, 2.24) is 0 Å². The highest BCUT2D eigenvalue weighted by molar-refractivity contribution is 5.88. The lowest BCUT2D eigenvalue weighted by Gasteiger charge is -2.07. The van der Waals surface area contributed by atoms with Crippen LogP contribution in [0.5, 0.6) is 0 Å². The number of ether oxygens (including phenoxy) is 1. The van der Waals surface area contributed by atoms with Crippen LogP contribution in [0.15, 0.2) is 94.1 Å². The van der Waals surface area contributed by atoms with Crippen LogP contribution in [-0.2, 0) is 16.0 Å². The van der Waals surface area contributed by atoms with Gasteiger partial charge < -0.3 is 19.8 Å². The second-order valence-electron chi connectivity index (χ2n) is 9.87. The number of anilines is 2. The van der Waals surface area contributed by atoms with Crippen molar-refractivity contribution in [2.45, 2.75) is 80.1 Å². The zero-order valence-electron chi connectivity index (χ0n) is 26.4. The monoisotopic (exact) mass is 574 g/mol. The number of aryl methyl sites for hydroxylation is 2. The minimum atomic E-state index is -0.302. The molecule has 6 heteroatoms. The number of hydrogen-bond donors (Lipinski definition) is 2. The van der Waals surface area contributed by atoms with E-state index in [4.69, 9.17) is 9.15 Å². The number of rotatable bonds is 10. The third-order valence-electron chi connectivity index (χ3n) is 5.83. The summed E-state index contributed by atoms with van der Waals surface area (Å²) in [6, 6.07) is 26.9. The van der Waals surface area contributed by atoms with Crippen LogP contribution < -0.4 is 16.3 Å². The first-order chi connectivity index (χ1) is 20.3. The van der Waals surface area contributed by atoms with E-state index in [1.807, 2.05) is 49.4 Å². The number of nitrogens with one attached hydrogen (secondary N) is 2. The zero-order chi connectivity index (χ0) is 31.0. The van der Waals surface area contributed by atoms with Crippen LogP contribution in [0.1, 0.15) is 77.8 Å². The molecule has 0 saturated heterocycles. The number of para-hydroxylation sites is 1. The van der Waals surface area contributed by atoms with E-state index < -0.39 is 0 Å². The summed E-state index contributed by atoms with van der Waals surface area (Å²) in [6.07, 6.45) is 7.50. The summed E-state index contributed by atoms with van der Waals surface area (Å²) < 4.78 is 10.3. The van der Waals surface area contributed by atoms with Crippen LogP contribution in [0.2, 0.25) is 0 Å². The molecule has 0 saturated carbocycles. The van der Waals surface area contributed by atoms with E-state index in [-0.39, 0.29) is 11.5 Å². The Hall–Kier alpha value is -3.90. The predicted octanol–water partition coefficient (Wildman–Crippen LogP) is 9.38. The van der Waals surface area contributed by atoms with E-state index in [0.29, 0.717) is 12.3 Å². The highest BCUT2D eigenvalue weighted by Crippen LogP contribution is 2.11. The Morgan fingerprint density at radius 2 is 1.40 bits per heavy atom. The largest absolute Gasteiger partial charge is 0.423 e. The zero-order valence-corrected chi connectivity index (χ0v) is 26.4. The maximum atomic E-state index is 10.7. The molecule has 3 aromatic carbocycles. The molecule has 1 heterocycles. The molecular formula is C36H50N2O4. The Balaban J connectivity index is 0.000000295. The Morgan fingerprint density at radius 1 is 0.762 bits per heavy atom. The summed E-state index contributed by atoms with van der Waals surface area (Å²) >= 11 is 0. The van der Waals surface area contributed by atoms with Crippen molar-refractivity contribution in [2.75, 3.05) is 24.0 Å². The molecule has 6 nitrogen and oxygen atoms in total. The van der Waals surface area contributed by atoms with Crippen LogP contribution in [0.25, 0.3) is 11.0 Å². The summed E-state index contributed by atoms with van der Waals surface area (Å²) in [6.45, 7) is 13.7. The lowest BCUT2D eigenvalue weighted by Crippen LogP contribution is -2.06. The standard InChI is InChI=1S/C13H21NO.C9H11NO.C9H6O2.C5H12/c1-3-5-12-6-8-13(9-7-12)14-11-15-10-4-2;1-7-3-5-9(6-4-7)10-8(2)11;10-9-6-5-7-3-1-2-4-8(7)11-9;1-3-5-4-2/h6-9,14H,3-5,10-11H2,1-2H3;3-6H,1-2H3,(H,10,11);1-6H;3-5H2,1-2H3. The van der Waals surface area contributed by atoms with Gasteiger partial charge in [0.05, 0.1) is 0 Å². The number of carbonyl (C=O) groups excluding carboxylic acids is 1. The van der Waals surface area contributed by atoms with E-state index in [9.17, 15) is 9.59 Å². The number of fused-ring (bicyclic) bond motifs is 1. The van der Waals surface area contributed by atoms with Crippen molar-refractivity contribution < 1.29 is 13.9 Å². The van der Waals surface area contributed by atoms with Crippen molar-refractivity contribution in [3.8, 4) is 0 Å². The van der Waals surface area contributed by atoms with Crippen LogP contribution in [0.4, 0.5) is 11.4 Å². The number of amides is 1. The first kappa shape index (κ1) is 36.1. The first-order valence-electron chi connectivity index (χ1n) is 15.1. The van der Waals surface area contributed by atoms with Gasteiger partial charge in [0, 0.05) is 36.4 Å². The lowest BCUT2D eigenvalue weighted by atomic mass is 10.1. The fraction of sp³-hybridized carbons (Fsp3) is 0.389. The predicted molar refractivity (Wildman–Crippen MR) is 178 cm³/mol. The van der Waals surface area contributed by atoms with Gasteiger partial charge in [0.15, 0.2) is 0 Å². The Kier molecular flexibility index (Phi) is 19.6. The second-order valence-corrected chi connectivity index (χ2v) is 9.87. The van der Waals surface area contributed by atoms with E-state index in [1.165, 1.54) is 49.8 Å². The van der Waals surface area contributed by atoms with Gasteiger partial charge in [-0.25, -0.2) is 4.79 Å². The van der Waals surface area contributed by atoms with Crippen molar-refractivity contribution in [1.29, 1.82) is 0 Å². The maximum absolute atomic E-state index is 10.7. The number of hydrogen-bond acceptors (Lipinski definition) is 5. The Morgan fingerprint density at radius 3 is 1.98 bits per heavy atom. The van der Waals surface area contributed by atoms with E-state index in [1.54, 1.807) is 12.1 Å². The van der Waals surface area contributed by atoms with Crippen LogP contribution in [0.3, 0.4) is 0 Å². The van der Waals surface area contributed by atoms with Gasteiger partial charge in [-0.15, -0.1) is 0 Å². The van der Waals surface area contributed by atoms with Crippen molar-refractivity contribution in [3.05, 3.63) is 106 Å². The van der Waals surface area contributed by atoms with Gasteiger partial charge >= 0.3 is 5.63 Å². The third kappa shape index (κ3) is 17.0. The second kappa shape index (κ2) is 22.8. The van der Waals surface area contributed by atoms with E-state index in [0.717, 1.165) is 36.2 Å². The maximum Gasteiger partial charge on any atom is 0.336 e. The highest BCUT2D eigenvalue weighted by Gasteiger charge is 1.94. The highest BCUT2D eigenvalue weighted by atomic mass is 16.5. The molecule has 1 amide bonds. The molecule has 4 aromatic rings. The third-order valence-corrected chi connectivity index (χ3v) is 5.83. The van der Waals surface area contributed by atoms with Crippen LogP contribution in [0, 0.1) is 6.92 Å². The molecule has 0 aliphatic rings. The molecule has 42 heavy (non-hydrogen) atoms. The van der Waals surface area contributed by atoms with E-state index in [2.05, 4.69) is 62.6 Å². The molecule has 0 aliphatic heterocycles. The minimum absolute atomic E-state index is 0.0335. The fourth-order valence-electron chi connectivity index (χ4n) is 3.63. The van der Waals surface area contributed by atoms with Crippen molar-refractivity contribution >= 4 is 28.3 Å². The van der Waals surface area contributed by atoms with Gasteiger partial charge in [-0.3, -0.25) is 4.79 Å². The molecule has 0 unspecified atom stereocenters. The van der Waals surface area contributed by atoms with Crippen LogP contribution in [-0.4, -0.2) is 19.2 Å². The quantitative estimate of drug-likeness (QED) is 0.112. The summed E-state index contributed by atoms with van der Waals surface area (Å²) in [5, 5.41) is 6.87. The topological polar surface area (TPSA) is 80.6 Å². The van der Waals surface area contributed by atoms with Gasteiger partial charge in [-0.05, 0) is 61.7 Å². The van der Waals surface area contributed by atoms with E-state index >= 15 is 0 Å². The van der Waals surface area contributed by atoms with Gasteiger partial charge in [0.1, 0.15) is 12.3 Å². The molecular weight excluding hydrogens is 524 g/mol. The number of unbranched alkanes of at least 4 members (excludes halogenated alkanes) is 2. The summed E-state index contributed by atoms with van der Waals surface area (Å²) in [5.41, 5.74) is 4.91. The lowest BCUT2D eigenvalue weighted by molar-refractivity contribution is -0.114. The minimum Gasteiger partial charge on any atom is -0.423 e. The molecule has 0 spiro atoms. The van der Waals surface area contributed by atoms with Gasteiger partial charge in [0.2, 0.25) is 5.91 Å². The van der Waals surface area contributed by atoms with Gasteiger partial charge in [-0.2, -0.15) is 0 Å². The molecule has 4 rings (SSSR count). The molecule has 228 valence electrons. The molecule has 0 radical (unpaired) electrons. The SMILES string of the molecule is CC(=O)Nc1ccc(C)cc1.CCCCC.CCCOCNc1ccc(CCC)cc1.O=c1ccc2ccccc2o1. The molecule has 0 atom stereocenters. The normalized spacial score (nSPS) is 9.76. The summed E-state index contributed by atoms with van der Waals surface area (Å²) in [5.74, 6) is -0.0335. The summed E-state index contributed by atoms with van der Waals surface area (Å²) in [7, 11) is 0. The fourth-order valence-corrected chi connectivity index (χ4v) is 3.63. The molecule has 0 fully saturated rings. The van der Waals surface area contributed by atoms with Crippen molar-refractivity contribution in [2.24, 2.45) is 0 Å². The van der Waals surface area contributed by atoms with Gasteiger partial charge in [0.25, 0.3) is 0 Å². The van der Waals surface area contributed by atoms with Crippen molar-refractivity contribution in [3.63, 3.8) is 0 Å². The van der Waals surface area contributed by atoms with Crippen LogP contribution >= 0.6 is 0 Å².